The van der Waals surface area contributed by atoms with Gasteiger partial charge in [-0.05, 0) is 74.3 Å². The number of fused-ring (bicyclic) bond motifs is 11. The Morgan fingerprint density at radius 2 is 1.05 bits per heavy atom. The Balaban J connectivity index is 1.30. The fourth-order valence-electron chi connectivity index (χ4n) is 10.3. The third-order valence-electron chi connectivity index (χ3n) is 12.8. The van der Waals surface area contributed by atoms with E-state index in [-0.39, 0.29) is 0 Å². The Morgan fingerprint density at radius 3 is 1.69 bits per heavy atom. The summed E-state index contributed by atoms with van der Waals surface area (Å²) in [6, 6.07) is 65.1. The lowest BCUT2D eigenvalue weighted by molar-refractivity contribution is 0.652. The molecule has 0 saturated carbocycles. The molecule has 0 spiro atoms. The lowest BCUT2D eigenvalue weighted by Crippen LogP contribution is -2.29. The first-order valence-corrected chi connectivity index (χ1v) is 20.3. The molecule has 0 bridgehead atoms. The molecule has 0 amide bonds. The van der Waals surface area contributed by atoms with Gasteiger partial charge in [-0.3, -0.25) is 0 Å². The largest absolute Gasteiger partial charge is 0.437 e. The molecule has 3 heterocycles. The minimum Gasteiger partial charge on any atom is -0.437 e. The fourth-order valence-corrected chi connectivity index (χ4v) is 10.3. The van der Waals surface area contributed by atoms with Crippen LogP contribution in [0.4, 0.5) is 0 Å². The van der Waals surface area contributed by atoms with Gasteiger partial charge in [0.25, 0.3) is 0 Å². The normalized spacial score (nSPS) is 14.2. The fraction of sp³-hybridized carbons (Fsp3) is 0.0727. The number of pyridine rings is 1. The van der Waals surface area contributed by atoms with Crippen LogP contribution in [-0.4, -0.2) is 15.0 Å². The van der Waals surface area contributed by atoms with E-state index in [4.69, 9.17) is 19.4 Å². The Hall–Kier alpha value is -7.43. The van der Waals surface area contributed by atoms with Crippen LogP contribution in [0.2, 0.25) is 0 Å². The maximum Gasteiger partial charge on any atom is 0.227 e. The van der Waals surface area contributed by atoms with E-state index >= 15 is 0 Å². The van der Waals surface area contributed by atoms with Gasteiger partial charge in [0.15, 0.2) is 5.82 Å². The average Bonchev–Trinajstić information content (AvgIpc) is 3.91. The van der Waals surface area contributed by atoms with E-state index in [1.807, 2.05) is 12.3 Å². The summed E-state index contributed by atoms with van der Waals surface area (Å²) in [5, 5.41) is 2.08. The number of rotatable bonds is 5. The van der Waals surface area contributed by atoms with Crippen molar-refractivity contribution < 1.29 is 4.42 Å². The molecule has 4 heteroatoms. The number of nitrogens with zero attached hydrogens (tertiary/aromatic N) is 3. The molecule has 0 atom stereocenters. The van der Waals surface area contributed by atoms with Crippen molar-refractivity contribution in [2.75, 3.05) is 0 Å². The zero-order valence-electron chi connectivity index (χ0n) is 32.6. The lowest BCUT2D eigenvalue weighted by Gasteiger charge is -2.35. The van der Waals surface area contributed by atoms with E-state index in [2.05, 4.69) is 190 Å². The molecule has 10 aromatic rings. The van der Waals surface area contributed by atoms with Gasteiger partial charge in [0, 0.05) is 44.6 Å². The van der Waals surface area contributed by atoms with Crippen LogP contribution >= 0.6 is 0 Å². The van der Waals surface area contributed by atoms with Crippen LogP contribution in [0.1, 0.15) is 47.2 Å². The molecule has 2 aliphatic carbocycles. The van der Waals surface area contributed by atoms with Crippen molar-refractivity contribution in [3.8, 4) is 56.2 Å². The van der Waals surface area contributed by atoms with E-state index in [1.165, 1.54) is 50.1 Å². The molecule has 12 rings (SSSR count). The van der Waals surface area contributed by atoms with Crippen molar-refractivity contribution in [3.63, 3.8) is 0 Å². The number of hydrogen-bond acceptors (Lipinski definition) is 4. The lowest BCUT2D eigenvalue weighted by atomic mass is 9.66. The van der Waals surface area contributed by atoms with Crippen LogP contribution in [-0.2, 0) is 10.8 Å². The molecular formula is C55H37N3O. The van der Waals surface area contributed by atoms with Crippen molar-refractivity contribution in [1.82, 2.24) is 15.0 Å². The highest BCUT2D eigenvalue weighted by Gasteiger charge is 2.52. The van der Waals surface area contributed by atoms with E-state index < -0.39 is 10.8 Å². The van der Waals surface area contributed by atoms with Crippen molar-refractivity contribution in [1.29, 1.82) is 0 Å². The van der Waals surface area contributed by atoms with Crippen molar-refractivity contribution >= 4 is 22.1 Å². The highest BCUT2D eigenvalue weighted by molar-refractivity contribution is 6.14. The van der Waals surface area contributed by atoms with E-state index in [0.29, 0.717) is 11.5 Å². The molecule has 4 nitrogen and oxygen atoms in total. The van der Waals surface area contributed by atoms with Crippen LogP contribution in [0, 0.1) is 0 Å². The zero-order chi connectivity index (χ0) is 39.3. The van der Waals surface area contributed by atoms with E-state index in [1.54, 1.807) is 0 Å². The van der Waals surface area contributed by atoms with E-state index in [0.717, 1.165) is 50.0 Å². The Bertz CT molecular complexity index is 3180. The Kier molecular flexibility index (Phi) is 7.16. The first kappa shape index (κ1) is 33.7. The number of aromatic nitrogens is 3. The van der Waals surface area contributed by atoms with Crippen molar-refractivity contribution in [2.45, 2.75) is 24.7 Å². The van der Waals surface area contributed by atoms with Gasteiger partial charge < -0.3 is 4.42 Å². The molecule has 59 heavy (non-hydrogen) atoms. The van der Waals surface area contributed by atoms with Crippen molar-refractivity contribution in [2.24, 2.45) is 0 Å². The van der Waals surface area contributed by atoms with Crippen LogP contribution < -0.4 is 0 Å². The number of benzene rings is 7. The summed E-state index contributed by atoms with van der Waals surface area (Å²) in [6.07, 6.45) is 1.81. The topological polar surface area (TPSA) is 51.8 Å². The summed E-state index contributed by atoms with van der Waals surface area (Å²) in [4.78, 5) is 15.7. The SMILES string of the molecule is CC1(C)c2ccccc2-c2c(-c3nc(-c4ccccc4)cc(-c4ccccc4)n3)cc3c(c21)-c1c(ccc2c1oc1ncccc12)C3(c1ccccc1)c1ccccc1. The van der Waals surface area contributed by atoms with Crippen LogP contribution in [0.15, 0.2) is 193 Å². The third kappa shape index (κ3) is 4.69. The summed E-state index contributed by atoms with van der Waals surface area (Å²) < 4.78 is 6.93. The summed E-state index contributed by atoms with van der Waals surface area (Å²) in [5.41, 5.74) is 17.3. The molecule has 0 aliphatic heterocycles. The molecule has 0 unspecified atom stereocenters. The van der Waals surface area contributed by atoms with Gasteiger partial charge in [-0.2, -0.15) is 0 Å². The van der Waals surface area contributed by atoms with Gasteiger partial charge in [0.1, 0.15) is 5.58 Å². The molecule has 0 N–H and O–H groups in total. The molecular weight excluding hydrogens is 719 g/mol. The number of furan rings is 1. The Labute approximate surface area is 342 Å². The average molecular weight is 756 g/mol. The second-order valence-corrected chi connectivity index (χ2v) is 16.3. The predicted octanol–water partition coefficient (Wildman–Crippen LogP) is 13.4. The second-order valence-electron chi connectivity index (χ2n) is 16.3. The van der Waals surface area contributed by atoms with Gasteiger partial charge in [0.05, 0.1) is 16.8 Å². The van der Waals surface area contributed by atoms with Gasteiger partial charge in [-0.1, -0.05) is 172 Å². The summed E-state index contributed by atoms with van der Waals surface area (Å²) >= 11 is 0. The molecule has 278 valence electrons. The molecule has 0 radical (unpaired) electrons. The van der Waals surface area contributed by atoms with Crippen LogP contribution in [0.5, 0.6) is 0 Å². The smallest absolute Gasteiger partial charge is 0.227 e. The second kappa shape index (κ2) is 12.5. The zero-order valence-corrected chi connectivity index (χ0v) is 32.6. The predicted molar refractivity (Wildman–Crippen MR) is 238 cm³/mol. The van der Waals surface area contributed by atoms with Crippen molar-refractivity contribution in [3.05, 3.63) is 222 Å². The molecule has 7 aromatic carbocycles. The monoisotopic (exact) mass is 755 g/mol. The van der Waals surface area contributed by atoms with E-state index in [9.17, 15) is 0 Å². The maximum atomic E-state index is 6.93. The van der Waals surface area contributed by atoms with Gasteiger partial charge in [0.2, 0.25) is 5.71 Å². The highest BCUT2D eigenvalue weighted by Crippen LogP contribution is 2.65. The molecule has 0 fully saturated rings. The maximum absolute atomic E-state index is 6.93. The number of hydrogen-bond donors (Lipinski definition) is 0. The van der Waals surface area contributed by atoms with Gasteiger partial charge >= 0.3 is 0 Å². The quantitative estimate of drug-likeness (QED) is 0.176. The minimum absolute atomic E-state index is 0.390. The first-order chi connectivity index (χ1) is 29.0. The van der Waals surface area contributed by atoms with Crippen LogP contribution in [0.25, 0.3) is 78.2 Å². The van der Waals surface area contributed by atoms with Crippen LogP contribution in [0.3, 0.4) is 0 Å². The summed E-state index contributed by atoms with van der Waals surface area (Å²) in [7, 11) is 0. The molecule has 3 aromatic heterocycles. The minimum atomic E-state index is -0.707. The highest BCUT2D eigenvalue weighted by atomic mass is 16.3. The standard InChI is InChI=1S/C55H37N3O/c1-54(2)42-28-16-15-26-40(42)47-41(52-57-45(34-18-7-3-8-19-34)33-46(58-52)35-20-9-4-10-21-35)32-44-48(50(47)54)49-43(30-29-38-39-27-17-31-56-53(39)59-51(38)49)55(44,36-22-11-5-12-23-36)37-24-13-6-14-25-37/h3-33H,1-2H3. The summed E-state index contributed by atoms with van der Waals surface area (Å²) in [6.45, 7) is 4.76. The Morgan fingerprint density at radius 1 is 0.458 bits per heavy atom. The third-order valence-corrected chi connectivity index (χ3v) is 12.8. The van der Waals surface area contributed by atoms with Gasteiger partial charge in [-0.15, -0.1) is 0 Å². The molecule has 2 aliphatic rings. The molecule has 0 saturated heterocycles. The summed E-state index contributed by atoms with van der Waals surface area (Å²) in [5.74, 6) is 0.695. The van der Waals surface area contributed by atoms with Gasteiger partial charge in [-0.25, -0.2) is 15.0 Å². The first-order valence-electron chi connectivity index (χ1n) is 20.3.